The summed E-state index contributed by atoms with van der Waals surface area (Å²) in [4.78, 5) is 27.2. The number of nitrogens with zero attached hydrogens (tertiary/aromatic N) is 2. The highest BCUT2D eigenvalue weighted by atomic mass is 16.5. The Balaban J connectivity index is 2.60. The van der Waals surface area contributed by atoms with Gasteiger partial charge in [0.1, 0.15) is 24.1 Å². The first-order valence-electron chi connectivity index (χ1n) is 7.44. The van der Waals surface area contributed by atoms with Crippen LogP contribution < -0.4 is 27.4 Å². The van der Waals surface area contributed by atoms with Crippen LogP contribution >= 0.6 is 0 Å². The van der Waals surface area contributed by atoms with Crippen molar-refractivity contribution in [3.05, 3.63) is 23.0 Å². The molecule has 7 N–H and O–H groups in total. The molecule has 0 bridgehead atoms. The Morgan fingerprint density at radius 3 is 2.58 bits per heavy atom. The largest absolute Gasteiger partial charge is 0.384 e. The molecule has 0 unspecified atom stereocenters. The number of hydrogen-bond acceptors (Lipinski definition) is 9. The third-order valence-corrected chi connectivity index (χ3v) is 3.41. The van der Waals surface area contributed by atoms with Gasteiger partial charge in [0.2, 0.25) is 0 Å². The number of nitrogens with two attached hydrogens (primary N) is 2. The summed E-state index contributed by atoms with van der Waals surface area (Å²) in [6.45, 7) is 0.752. The molecular formula is C14H27N7O3. The Hall–Kier alpha value is -2.62. The molecule has 136 valence electrons. The number of carbonyl (C=O) groups excluding carboxylic acids is 2. The molecule has 1 amide bonds. The topological polar surface area (TPSA) is 138 Å². The lowest BCUT2D eigenvalue weighted by atomic mass is 10.3. The first-order valence-corrected chi connectivity index (χ1v) is 7.44. The molecule has 1 aliphatic rings. The molecule has 0 aliphatic carbocycles. The van der Waals surface area contributed by atoms with Crippen molar-refractivity contribution in [1.82, 2.24) is 25.8 Å². The van der Waals surface area contributed by atoms with Crippen LogP contribution in [0.1, 0.15) is 0 Å². The van der Waals surface area contributed by atoms with Crippen molar-refractivity contribution in [2.75, 3.05) is 54.6 Å². The Morgan fingerprint density at radius 1 is 1.33 bits per heavy atom. The molecule has 0 fully saturated rings. The summed E-state index contributed by atoms with van der Waals surface area (Å²) in [6.07, 6.45) is 0. The third-order valence-electron chi connectivity index (χ3n) is 3.41. The lowest BCUT2D eigenvalue weighted by Crippen LogP contribution is -2.41. The van der Waals surface area contributed by atoms with Crippen LogP contribution in [0.15, 0.2) is 23.0 Å². The number of Topliss-reactive ketones (excluding diaryl/α,β-unsaturated/α-hetero) is 1. The predicted molar refractivity (Wildman–Crippen MR) is 89.8 cm³/mol. The second-order valence-electron chi connectivity index (χ2n) is 5.52. The van der Waals surface area contributed by atoms with E-state index >= 15 is 0 Å². The molecule has 0 radical (unpaired) electrons. The summed E-state index contributed by atoms with van der Waals surface area (Å²) >= 11 is 0. The molecule has 0 aromatic rings. The van der Waals surface area contributed by atoms with Crippen molar-refractivity contribution in [3.8, 4) is 0 Å². The Morgan fingerprint density at radius 2 is 2.00 bits per heavy atom. The second kappa shape index (κ2) is 8.87. The SMILES string of the molecule is CNC(=O)/C(NCC(=O)CNC1=C(N)N(C)COC1)=C(/N)N(C)C. The summed E-state index contributed by atoms with van der Waals surface area (Å²) in [5, 5.41) is 8.22. The van der Waals surface area contributed by atoms with Crippen LogP contribution in [0.3, 0.4) is 0 Å². The molecule has 0 saturated carbocycles. The molecule has 1 rings (SSSR count). The number of rotatable bonds is 8. The maximum absolute atomic E-state index is 12.0. The first-order chi connectivity index (χ1) is 11.3. The van der Waals surface area contributed by atoms with Gasteiger partial charge >= 0.3 is 0 Å². The number of hydrogen-bond donors (Lipinski definition) is 5. The summed E-state index contributed by atoms with van der Waals surface area (Å²) in [6, 6.07) is 0. The quantitative estimate of drug-likeness (QED) is 0.297. The molecule has 0 aromatic carbocycles. The minimum Gasteiger partial charge on any atom is -0.384 e. The maximum atomic E-state index is 12.0. The van der Waals surface area contributed by atoms with Crippen molar-refractivity contribution in [2.24, 2.45) is 11.5 Å². The third kappa shape index (κ3) is 5.23. The van der Waals surface area contributed by atoms with Gasteiger partial charge in [-0.05, 0) is 0 Å². The van der Waals surface area contributed by atoms with E-state index in [-0.39, 0.29) is 30.4 Å². The van der Waals surface area contributed by atoms with Crippen molar-refractivity contribution < 1.29 is 14.3 Å². The lowest BCUT2D eigenvalue weighted by molar-refractivity contribution is -0.118. The Bertz CT molecular complexity index is 542. The molecule has 0 saturated heterocycles. The fourth-order valence-corrected chi connectivity index (χ4v) is 1.89. The molecule has 1 heterocycles. The van der Waals surface area contributed by atoms with E-state index in [1.807, 2.05) is 0 Å². The average Bonchev–Trinajstić information content (AvgIpc) is 2.55. The fourth-order valence-electron chi connectivity index (χ4n) is 1.89. The van der Waals surface area contributed by atoms with Crippen molar-refractivity contribution in [2.45, 2.75) is 0 Å². The number of carbonyl (C=O) groups is 2. The van der Waals surface area contributed by atoms with Gasteiger partial charge in [-0.2, -0.15) is 0 Å². The van der Waals surface area contributed by atoms with Gasteiger partial charge in [0, 0.05) is 28.2 Å². The molecular weight excluding hydrogens is 314 g/mol. The van der Waals surface area contributed by atoms with Gasteiger partial charge in [-0.25, -0.2) is 0 Å². The van der Waals surface area contributed by atoms with Gasteiger partial charge in [-0.15, -0.1) is 0 Å². The maximum Gasteiger partial charge on any atom is 0.270 e. The van der Waals surface area contributed by atoms with Gasteiger partial charge in [0.05, 0.1) is 25.4 Å². The van der Waals surface area contributed by atoms with Crippen molar-refractivity contribution in [1.29, 1.82) is 0 Å². The van der Waals surface area contributed by atoms with Crippen LogP contribution in [0.5, 0.6) is 0 Å². The predicted octanol–water partition coefficient (Wildman–Crippen LogP) is -2.78. The van der Waals surface area contributed by atoms with Crippen LogP contribution in [-0.4, -0.2) is 76.1 Å². The highest BCUT2D eigenvalue weighted by Gasteiger charge is 2.17. The zero-order valence-corrected chi connectivity index (χ0v) is 14.6. The van der Waals surface area contributed by atoms with Gasteiger partial charge in [0.15, 0.2) is 5.78 Å². The molecule has 24 heavy (non-hydrogen) atoms. The Kier molecular flexibility index (Phi) is 7.18. The van der Waals surface area contributed by atoms with E-state index in [1.54, 1.807) is 30.9 Å². The standard InChI is InChI=1S/C14H27N7O3/c1-17-14(23)11(13(16)20(2)3)19-6-9(22)5-18-10-7-24-8-21(4)12(10)15/h18-19H,5-8,15-16H2,1-4H3,(H,17,23)/b13-11+. The van der Waals surface area contributed by atoms with Crippen LogP contribution in [0.25, 0.3) is 0 Å². The van der Waals surface area contributed by atoms with Crippen LogP contribution in [0.4, 0.5) is 0 Å². The summed E-state index contributed by atoms with van der Waals surface area (Å²) in [5.41, 5.74) is 12.6. The van der Waals surface area contributed by atoms with Crippen LogP contribution in [0, 0.1) is 0 Å². The van der Waals surface area contributed by atoms with Crippen LogP contribution in [-0.2, 0) is 14.3 Å². The summed E-state index contributed by atoms with van der Waals surface area (Å²) < 4.78 is 5.32. The summed E-state index contributed by atoms with van der Waals surface area (Å²) in [7, 11) is 6.70. The molecule has 10 heteroatoms. The number of ketones is 1. The monoisotopic (exact) mass is 341 g/mol. The van der Waals surface area contributed by atoms with Gasteiger partial charge < -0.3 is 42.0 Å². The highest BCUT2D eigenvalue weighted by molar-refractivity contribution is 5.94. The minimum atomic E-state index is -0.392. The second-order valence-corrected chi connectivity index (χ2v) is 5.52. The minimum absolute atomic E-state index is 0.0474. The van der Waals surface area contributed by atoms with Gasteiger partial charge in [0.25, 0.3) is 5.91 Å². The lowest BCUT2D eigenvalue weighted by Gasteiger charge is -2.28. The van der Waals surface area contributed by atoms with E-state index in [0.717, 1.165) is 0 Å². The molecule has 0 spiro atoms. The molecule has 1 aliphatic heterocycles. The zero-order chi connectivity index (χ0) is 18.3. The van der Waals surface area contributed by atoms with Gasteiger partial charge in [-0.1, -0.05) is 0 Å². The number of amides is 1. The highest BCUT2D eigenvalue weighted by Crippen LogP contribution is 2.07. The fraction of sp³-hybridized carbons (Fsp3) is 0.571. The Labute approximate surface area is 141 Å². The van der Waals surface area contributed by atoms with E-state index in [0.29, 0.717) is 24.9 Å². The molecule has 0 atom stereocenters. The van der Waals surface area contributed by atoms with E-state index in [2.05, 4.69) is 16.0 Å². The van der Waals surface area contributed by atoms with Crippen LogP contribution in [0.2, 0.25) is 0 Å². The van der Waals surface area contributed by atoms with E-state index in [4.69, 9.17) is 16.2 Å². The average molecular weight is 341 g/mol. The van der Waals surface area contributed by atoms with Gasteiger partial charge in [-0.3, -0.25) is 9.59 Å². The van der Waals surface area contributed by atoms with E-state index in [1.165, 1.54) is 7.05 Å². The van der Waals surface area contributed by atoms with E-state index < -0.39 is 5.91 Å². The number of nitrogens with one attached hydrogen (secondary N) is 3. The normalized spacial score (nSPS) is 15.6. The van der Waals surface area contributed by atoms with Crippen molar-refractivity contribution >= 4 is 11.7 Å². The summed E-state index contributed by atoms with van der Waals surface area (Å²) in [5.74, 6) is 0.238. The smallest absolute Gasteiger partial charge is 0.270 e. The molecule has 0 aromatic heterocycles. The van der Waals surface area contributed by atoms with E-state index in [9.17, 15) is 9.59 Å². The zero-order valence-electron chi connectivity index (χ0n) is 14.6. The molecule has 10 nitrogen and oxygen atoms in total. The number of ether oxygens (including phenoxy) is 1. The van der Waals surface area contributed by atoms with Crippen molar-refractivity contribution in [3.63, 3.8) is 0 Å². The number of likely N-dealkylation sites (N-methyl/N-ethyl adjacent to an activating group) is 1. The first kappa shape index (κ1) is 19.4.